The lowest BCUT2D eigenvalue weighted by molar-refractivity contribution is -0.155. The first-order chi connectivity index (χ1) is 15.0. The largest absolute Gasteiger partial charge is 0.493 e. The summed E-state index contributed by atoms with van der Waals surface area (Å²) in [6.45, 7) is 1.15. The van der Waals surface area contributed by atoms with Crippen molar-refractivity contribution in [1.82, 2.24) is 0 Å². The fourth-order valence-corrected chi connectivity index (χ4v) is 2.63. The van der Waals surface area contributed by atoms with Gasteiger partial charge in [-0.2, -0.15) is 0 Å². The molecule has 0 heterocycles. The number of carbonyl (C=O) groups excluding carboxylic acids is 2. The number of ether oxygens (including phenoxy) is 4. The second-order valence-electron chi connectivity index (χ2n) is 6.50. The zero-order chi connectivity index (χ0) is 22.1. The van der Waals surface area contributed by atoms with Crippen LogP contribution >= 0.6 is 0 Å². The average molecular weight is 421 g/mol. The van der Waals surface area contributed by atoms with Gasteiger partial charge in [0, 0.05) is 5.69 Å². The monoisotopic (exact) mass is 421 g/mol. The topological polar surface area (TPSA) is 83.1 Å². The molecule has 31 heavy (non-hydrogen) atoms. The van der Waals surface area contributed by atoms with Gasteiger partial charge in [-0.25, -0.2) is 4.79 Å². The molecule has 160 valence electrons. The Hall–Kier alpha value is -4.00. The van der Waals surface area contributed by atoms with Crippen molar-refractivity contribution in [3.63, 3.8) is 0 Å². The van der Waals surface area contributed by atoms with E-state index in [2.05, 4.69) is 5.32 Å². The van der Waals surface area contributed by atoms with E-state index in [1.54, 1.807) is 48.5 Å². The molecule has 0 fully saturated rings. The summed E-state index contributed by atoms with van der Waals surface area (Å²) in [5, 5.41) is 2.70. The molecule has 7 heteroatoms. The molecule has 3 aromatic carbocycles. The van der Waals surface area contributed by atoms with Crippen molar-refractivity contribution in [3.05, 3.63) is 78.9 Å². The molecular weight excluding hydrogens is 398 g/mol. The first-order valence-electron chi connectivity index (χ1n) is 9.64. The number of hydrogen-bond donors (Lipinski definition) is 1. The van der Waals surface area contributed by atoms with Crippen LogP contribution in [0.5, 0.6) is 23.0 Å². The molecule has 0 unspecified atom stereocenters. The van der Waals surface area contributed by atoms with Crippen LogP contribution in [-0.4, -0.2) is 31.7 Å². The van der Waals surface area contributed by atoms with Crippen LogP contribution in [0.3, 0.4) is 0 Å². The smallest absolute Gasteiger partial charge is 0.344 e. The minimum Gasteiger partial charge on any atom is -0.493 e. The maximum absolute atomic E-state index is 12.3. The summed E-state index contributed by atoms with van der Waals surface area (Å²) in [5.74, 6) is 1.15. The highest BCUT2D eigenvalue weighted by Gasteiger charge is 2.19. The number of anilines is 1. The summed E-state index contributed by atoms with van der Waals surface area (Å²) in [6, 6.07) is 23.2. The molecule has 0 radical (unpaired) electrons. The number of esters is 1. The van der Waals surface area contributed by atoms with Gasteiger partial charge in [-0.15, -0.1) is 0 Å². The quantitative estimate of drug-likeness (QED) is 0.515. The number of nitrogens with one attached hydrogen (secondary N) is 1. The van der Waals surface area contributed by atoms with Crippen molar-refractivity contribution in [2.45, 2.75) is 13.0 Å². The van der Waals surface area contributed by atoms with E-state index in [4.69, 9.17) is 18.9 Å². The number of carbonyl (C=O) groups is 2. The van der Waals surface area contributed by atoms with Gasteiger partial charge in [0.15, 0.2) is 24.2 Å². The molecule has 7 nitrogen and oxygen atoms in total. The van der Waals surface area contributed by atoms with E-state index >= 15 is 0 Å². The summed E-state index contributed by atoms with van der Waals surface area (Å²) in [4.78, 5) is 24.3. The number of hydrogen-bond acceptors (Lipinski definition) is 6. The molecule has 0 aliphatic heterocycles. The summed E-state index contributed by atoms with van der Waals surface area (Å²) < 4.78 is 21.4. The van der Waals surface area contributed by atoms with Crippen LogP contribution in [0.4, 0.5) is 5.69 Å². The Labute approximate surface area is 180 Å². The minimum absolute atomic E-state index is 0.344. The van der Waals surface area contributed by atoms with E-state index in [0.29, 0.717) is 22.9 Å². The number of para-hydroxylation sites is 3. The first-order valence-corrected chi connectivity index (χ1v) is 9.64. The summed E-state index contributed by atoms with van der Waals surface area (Å²) in [7, 11) is 1.51. The lowest BCUT2D eigenvalue weighted by Crippen LogP contribution is -2.31. The van der Waals surface area contributed by atoms with Crippen LogP contribution in [0.25, 0.3) is 0 Å². The fourth-order valence-electron chi connectivity index (χ4n) is 2.63. The second kappa shape index (κ2) is 10.7. The van der Waals surface area contributed by atoms with Crippen LogP contribution in [0.2, 0.25) is 0 Å². The number of amides is 1. The van der Waals surface area contributed by atoms with Crippen LogP contribution < -0.4 is 19.5 Å². The zero-order valence-corrected chi connectivity index (χ0v) is 17.2. The van der Waals surface area contributed by atoms with Gasteiger partial charge in [0.05, 0.1) is 7.11 Å². The van der Waals surface area contributed by atoms with Crippen LogP contribution in [0, 0.1) is 0 Å². The van der Waals surface area contributed by atoms with Gasteiger partial charge >= 0.3 is 5.97 Å². The summed E-state index contributed by atoms with van der Waals surface area (Å²) in [6.07, 6.45) is -0.992. The maximum atomic E-state index is 12.3. The molecule has 0 saturated carbocycles. The third-order valence-electron chi connectivity index (χ3n) is 4.19. The summed E-state index contributed by atoms with van der Waals surface area (Å²) in [5.41, 5.74) is 0.554. The van der Waals surface area contributed by atoms with Crippen molar-refractivity contribution in [1.29, 1.82) is 0 Å². The molecule has 0 saturated heterocycles. The standard InChI is InChI=1S/C24H23NO6/c1-17(30-23(26)16-29-22-11-7-6-10-21(22)28-2)24(27)25-18-12-14-20(15-13-18)31-19-8-4-3-5-9-19/h3-15,17H,16H2,1-2H3,(H,25,27)/t17-/m0/s1. The highest BCUT2D eigenvalue weighted by molar-refractivity contribution is 5.95. The normalized spacial score (nSPS) is 11.2. The second-order valence-corrected chi connectivity index (χ2v) is 6.50. The third kappa shape index (κ3) is 6.50. The third-order valence-corrected chi connectivity index (χ3v) is 4.19. The SMILES string of the molecule is COc1ccccc1OCC(=O)O[C@@H](C)C(=O)Nc1ccc(Oc2ccccc2)cc1. The number of methoxy groups -OCH3 is 1. The van der Waals surface area contributed by atoms with E-state index in [1.807, 2.05) is 30.3 Å². The molecular formula is C24H23NO6. The predicted octanol–water partition coefficient (Wildman–Crippen LogP) is 4.44. The van der Waals surface area contributed by atoms with E-state index in [-0.39, 0.29) is 6.61 Å². The minimum atomic E-state index is -0.992. The Morgan fingerprint density at radius 3 is 2.13 bits per heavy atom. The van der Waals surface area contributed by atoms with Crippen LogP contribution in [0.1, 0.15) is 6.92 Å². The van der Waals surface area contributed by atoms with Gasteiger partial charge in [0.25, 0.3) is 5.91 Å². The van der Waals surface area contributed by atoms with Gasteiger partial charge in [0.2, 0.25) is 0 Å². The maximum Gasteiger partial charge on any atom is 0.344 e. The fraction of sp³-hybridized carbons (Fsp3) is 0.167. The zero-order valence-electron chi connectivity index (χ0n) is 17.2. The van der Waals surface area contributed by atoms with Crippen molar-refractivity contribution in [2.24, 2.45) is 0 Å². The molecule has 1 amide bonds. The van der Waals surface area contributed by atoms with Gasteiger partial charge < -0.3 is 24.3 Å². The van der Waals surface area contributed by atoms with Gasteiger partial charge in [-0.05, 0) is 55.5 Å². The first kappa shape index (κ1) is 21.7. The van der Waals surface area contributed by atoms with Gasteiger partial charge in [-0.1, -0.05) is 30.3 Å². The molecule has 3 aromatic rings. The van der Waals surface area contributed by atoms with E-state index < -0.39 is 18.0 Å². The Morgan fingerprint density at radius 2 is 1.45 bits per heavy atom. The Kier molecular flexibility index (Phi) is 7.48. The Morgan fingerprint density at radius 1 is 0.839 bits per heavy atom. The highest BCUT2D eigenvalue weighted by Crippen LogP contribution is 2.26. The number of rotatable bonds is 9. The van der Waals surface area contributed by atoms with Gasteiger partial charge in [-0.3, -0.25) is 4.79 Å². The molecule has 0 bridgehead atoms. The van der Waals surface area contributed by atoms with E-state index in [0.717, 1.165) is 5.75 Å². The number of benzene rings is 3. The van der Waals surface area contributed by atoms with Crippen molar-refractivity contribution in [3.8, 4) is 23.0 Å². The summed E-state index contributed by atoms with van der Waals surface area (Å²) >= 11 is 0. The van der Waals surface area contributed by atoms with Crippen molar-refractivity contribution in [2.75, 3.05) is 19.0 Å². The highest BCUT2D eigenvalue weighted by atomic mass is 16.6. The lowest BCUT2D eigenvalue weighted by Gasteiger charge is -2.15. The predicted molar refractivity (Wildman–Crippen MR) is 116 cm³/mol. The van der Waals surface area contributed by atoms with E-state index in [9.17, 15) is 9.59 Å². The molecule has 0 aromatic heterocycles. The van der Waals surface area contributed by atoms with E-state index in [1.165, 1.54) is 14.0 Å². The molecule has 0 aliphatic rings. The van der Waals surface area contributed by atoms with Crippen molar-refractivity contribution >= 4 is 17.6 Å². The molecule has 0 aliphatic carbocycles. The van der Waals surface area contributed by atoms with Crippen molar-refractivity contribution < 1.29 is 28.5 Å². The molecule has 0 spiro atoms. The average Bonchev–Trinajstić information content (AvgIpc) is 2.79. The molecule has 1 N–H and O–H groups in total. The lowest BCUT2D eigenvalue weighted by atomic mass is 10.2. The van der Waals surface area contributed by atoms with Crippen LogP contribution in [-0.2, 0) is 14.3 Å². The van der Waals surface area contributed by atoms with Crippen LogP contribution in [0.15, 0.2) is 78.9 Å². The van der Waals surface area contributed by atoms with Gasteiger partial charge in [0.1, 0.15) is 11.5 Å². The Bertz CT molecular complexity index is 1000. The molecule has 3 rings (SSSR count). The molecule has 1 atom stereocenters. The Balaban J connectivity index is 1.46.